The number of aromatic carboxylic acids is 1. The molecule has 1 aliphatic carbocycles. The van der Waals surface area contributed by atoms with E-state index in [0.717, 1.165) is 6.54 Å². The Morgan fingerprint density at radius 3 is 2.79 bits per heavy atom. The van der Waals surface area contributed by atoms with E-state index >= 15 is 0 Å². The largest absolute Gasteiger partial charge is 0.478 e. The standard InChI is InChI=1S/C14H17N3O2/c1-9(2)14(6-7-14)8-17-12-10(13(18)19)4-3-5-11(12)15-16-17/h3-5,9H,6-8H2,1-2H3,(H,18,19). The van der Waals surface area contributed by atoms with Crippen LogP contribution in [0.4, 0.5) is 0 Å². The number of carbonyl (C=O) groups is 1. The van der Waals surface area contributed by atoms with Crippen LogP contribution in [0.3, 0.4) is 0 Å². The predicted molar refractivity (Wildman–Crippen MR) is 71.0 cm³/mol. The highest BCUT2D eigenvalue weighted by Gasteiger charge is 2.46. The molecule has 0 saturated heterocycles. The molecule has 1 aromatic carbocycles. The van der Waals surface area contributed by atoms with Crippen molar-refractivity contribution in [2.24, 2.45) is 11.3 Å². The van der Waals surface area contributed by atoms with Gasteiger partial charge in [0.2, 0.25) is 0 Å². The van der Waals surface area contributed by atoms with Crippen molar-refractivity contribution in [3.05, 3.63) is 23.8 Å². The normalized spacial score (nSPS) is 17.0. The van der Waals surface area contributed by atoms with E-state index in [1.807, 2.05) is 0 Å². The van der Waals surface area contributed by atoms with Crippen molar-refractivity contribution >= 4 is 17.0 Å². The summed E-state index contributed by atoms with van der Waals surface area (Å²) in [4.78, 5) is 11.3. The van der Waals surface area contributed by atoms with E-state index in [4.69, 9.17) is 0 Å². The number of para-hydroxylation sites is 1. The van der Waals surface area contributed by atoms with Crippen LogP contribution in [0, 0.1) is 11.3 Å². The second kappa shape index (κ2) is 4.05. The number of carboxylic acids is 1. The molecule has 1 aromatic heterocycles. The molecule has 0 radical (unpaired) electrons. The second-order valence-corrected chi connectivity index (χ2v) is 5.74. The molecule has 1 aliphatic rings. The zero-order valence-corrected chi connectivity index (χ0v) is 11.1. The molecule has 19 heavy (non-hydrogen) atoms. The van der Waals surface area contributed by atoms with Crippen LogP contribution in [-0.2, 0) is 6.54 Å². The van der Waals surface area contributed by atoms with Crippen LogP contribution in [0.1, 0.15) is 37.0 Å². The third-order valence-electron chi connectivity index (χ3n) is 4.35. The average Bonchev–Trinajstić information content (AvgIpc) is 3.04. The fourth-order valence-electron chi connectivity index (χ4n) is 2.69. The van der Waals surface area contributed by atoms with Crippen molar-refractivity contribution in [1.82, 2.24) is 15.0 Å². The second-order valence-electron chi connectivity index (χ2n) is 5.74. The number of hydrogen-bond acceptors (Lipinski definition) is 3. The summed E-state index contributed by atoms with van der Waals surface area (Å²) >= 11 is 0. The molecular weight excluding hydrogens is 242 g/mol. The number of fused-ring (bicyclic) bond motifs is 1. The molecule has 1 heterocycles. The Morgan fingerprint density at radius 2 is 2.21 bits per heavy atom. The zero-order chi connectivity index (χ0) is 13.6. The summed E-state index contributed by atoms with van der Waals surface area (Å²) in [6.07, 6.45) is 2.36. The van der Waals surface area contributed by atoms with Gasteiger partial charge in [-0.2, -0.15) is 0 Å². The van der Waals surface area contributed by atoms with Gasteiger partial charge in [-0.1, -0.05) is 25.1 Å². The van der Waals surface area contributed by atoms with Crippen LogP contribution in [0.5, 0.6) is 0 Å². The van der Waals surface area contributed by atoms with E-state index in [-0.39, 0.29) is 11.0 Å². The monoisotopic (exact) mass is 259 g/mol. The Kier molecular flexibility index (Phi) is 2.59. The lowest BCUT2D eigenvalue weighted by Gasteiger charge is -2.19. The lowest BCUT2D eigenvalue weighted by atomic mass is 9.92. The topological polar surface area (TPSA) is 68.0 Å². The predicted octanol–water partition coefficient (Wildman–Crippen LogP) is 2.57. The Hall–Kier alpha value is -1.91. The minimum Gasteiger partial charge on any atom is -0.478 e. The van der Waals surface area contributed by atoms with Gasteiger partial charge in [0.1, 0.15) is 11.0 Å². The van der Waals surface area contributed by atoms with Gasteiger partial charge in [0, 0.05) is 6.54 Å². The quantitative estimate of drug-likeness (QED) is 0.916. The first kappa shape index (κ1) is 12.1. The molecular formula is C14H17N3O2. The number of aromatic nitrogens is 3. The first-order valence-electron chi connectivity index (χ1n) is 6.59. The Bertz CT molecular complexity index is 641. The van der Waals surface area contributed by atoms with Crippen LogP contribution in [0.2, 0.25) is 0 Å². The molecule has 0 amide bonds. The van der Waals surface area contributed by atoms with Crippen LogP contribution in [0.15, 0.2) is 18.2 Å². The van der Waals surface area contributed by atoms with E-state index in [1.54, 1.807) is 22.9 Å². The number of rotatable bonds is 4. The fraction of sp³-hybridized carbons (Fsp3) is 0.500. The molecule has 0 spiro atoms. The molecule has 1 fully saturated rings. The van der Waals surface area contributed by atoms with Gasteiger partial charge >= 0.3 is 5.97 Å². The van der Waals surface area contributed by atoms with Gasteiger partial charge in [-0.25, -0.2) is 9.48 Å². The highest BCUT2D eigenvalue weighted by atomic mass is 16.4. The third-order valence-corrected chi connectivity index (χ3v) is 4.35. The van der Waals surface area contributed by atoms with Crippen molar-refractivity contribution < 1.29 is 9.90 Å². The molecule has 100 valence electrons. The Morgan fingerprint density at radius 1 is 1.47 bits per heavy atom. The number of benzene rings is 1. The number of nitrogens with zero attached hydrogens (tertiary/aromatic N) is 3. The average molecular weight is 259 g/mol. The molecule has 0 atom stereocenters. The van der Waals surface area contributed by atoms with E-state index in [9.17, 15) is 9.90 Å². The van der Waals surface area contributed by atoms with E-state index in [0.29, 0.717) is 17.0 Å². The summed E-state index contributed by atoms with van der Waals surface area (Å²) < 4.78 is 1.77. The number of carboxylic acid groups (broad SMARTS) is 1. The smallest absolute Gasteiger partial charge is 0.337 e. The lowest BCUT2D eigenvalue weighted by Crippen LogP contribution is -2.19. The molecule has 5 nitrogen and oxygen atoms in total. The summed E-state index contributed by atoms with van der Waals surface area (Å²) in [6, 6.07) is 5.12. The molecule has 5 heteroatoms. The maximum atomic E-state index is 11.3. The van der Waals surface area contributed by atoms with Crippen molar-refractivity contribution in [2.75, 3.05) is 0 Å². The van der Waals surface area contributed by atoms with Crippen LogP contribution < -0.4 is 0 Å². The molecule has 2 aromatic rings. The molecule has 0 bridgehead atoms. The van der Waals surface area contributed by atoms with Gasteiger partial charge in [0.05, 0.1) is 5.56 Å². The van der Waals surface area contributed by atoms with Gasteiger partial charge in [-0.05, 0) is 36.3 Å². The minimum atomic E-state index is -0.927. The molecule has 3 rings (SSSR count). The van der Waals surface area contributed by atoms with Crippen LogP contribution in [0.25, 0.3) is 11.0 Å². The maximum Gasteiger partial charge on any atom is 0.337 e. The Labute approximate surface area is 111 Å². The molecule has 0 aliphatic heterocycles. The van der Waals surface area contributed by atoms with Gasteiger partial charge < -0.3 is 5.11 Å². The Balaban J connectivity index is 2.07. The van der Waals surface area contributed by atoms with Crippen LogP contribution >= 0.6 is 0 Å². The van der Waals surface area contributed by atoms with E-state index in [1.165, 1.54) is 12.8 Å². The van der Waals surface area contributed by atoms with Gasteiger partial charge in [-0.15, -0.1) is 5.10 Å². The minimum absolute atomic E-state index is 0.270. The van der Waals surface area contributed by atoms with Gasteiger partial charge in [-0.3, -0.25) is 0 Å². The summed E-state index contributed by atoms with van der Waals surface area (Å²) in [5, 5.41) is 17.5. The fourth-order valence-corrected chi connectivity index (χ4v) is 2.69. The summed E-state index contributed by atoms with van der Waals surface area (Å²) in [7, 11) is 0. The molecule has 1 N–H and O–H groups in total. The van der Waals surface area contributed by atoms with Crippen LogP contribution in [-0.4, -0.2) is 26.1 Å². The van der Waals surface area contributed by atoms with Crippen molar-refractivity contribution in [2.45, 2.75) is 33.2 Å². The van der Waals surface area contributed by atoms with Crippen molar-refractivity contribution in [1.29, 1.82) is 0 Å². The summed E-state index contributed by atoms with van der Waals surface area (Å²) in [6.45, 7) is 5.18. The van der Waals surface area contributed by atoms with E-state index in [2.05, 4.69) is 24.2 Å². The summed E-state index contributed by atoms with van der Waals surface area (Å²) in [5.74, 6) is -0.354. The highest BCUT2D eigenvalue weighted by molar-refractivity contribution is 6.00. The first-order chi connectivity index (χ1) is 9.03. The van der Waals surface area contributed by atoms with Crippen molar-refractivity contribution in [3.63, 3.8) is 0 Å². The molecule has 1 saturated carbocycles. The zero-order valence-electron chi connectivity index (χ0n) is 11.1. The molecule has 0 unspecified atom stereocenters. The maximum absolute atomic E-state index is 11.3. The summed E-state index contributed by atoms with van der Waals surface area (Å²) in [5.41, 5.74) is 1.84. The lowest BCUT2D eigenvalue weighted by molar-refractivity contribution is 0.0698. The SMILES string of the molecule is CC(C)C1(Cn2nnc3cccc(C(=O)O)c32)CC1. The van der Waals surface area contributed by atoms with E-state index < -0.39 is 5.97 Å². The van der Waals surface area contributed by atoms with Gasteiger partial charge in [0.15, 0.2) is 0 Å². The highest BCUT2D eigenvalue weighted by Crippen LogP contribution is 2.53. The number of hydrogen-bond donors (Lipinski definition) is 1. The first-order valence-corrected chi connectivity index (χ1v) is 6.59. The third kappa shape index (κ3) is 1.89. The van der Waals surface area contributed by atoms with Gasteiger partial charge in [0.25, 0.3) is 0 Å². The van der Waals surface area contributed by atoms with Crippen molar-refractivity contribution in [3.8, 4) is 0 Å².